The SMILES string of the molecule is C#CN(C)CC(=O)C(CC(=O)O)NC(=O)C(CC)NC(C)=O. The van der Waals surface area contributed by atoms with Crippen LogP contribution in [0.5, 0.6) is 0 Å². The van der Waals surface area contributed by atoms with E-state index >= 15 is 0 Å². The first kappa shape index (κ1) is 19.4. The maximum atomic E-state index is 12.0. The van der Waals surface area contributed by atoms with Gasteiger partial charge in [-0.05, 0) is 6.42 Å². The molecule has 0 aliphatic heterocycles. The fourth-order valence-corrected chi connectivity index (χ4v) is 1.68. The van der Waals surface area contributed by atoms with Gasteiger partial charge in [0.05, 0.1) is 19.0 Å². The summed E-state index contributed by atoms with van der Waals surface area (Å²) in [5.74, 6) is -2.75. The molecule has 0 bridgehead atoms. The van der Waals surface area contributed by atoms with Crippen LogP contribution in [-0.4, -0.2) is 59.2 Å². The lowest BCUT2D eigenvalue weighted by molar-refractivity contribution is -0.140. The van der Waals surface area contributed by atoms with Crippen LogP contribution in [0.3, 0.4) is 0 Å². The molecule has 0 saturated heterocycles. The van der Waals surface area contributed by atoms with Gasteiger partial charge in [-0.2, -0.15) is 0 Å². The van der Waals surface area contributed by atoms with Gasteiger partial charge in [-0.3, -0.25) is 19.2 Å². The molecule has 0 aromatic rings. The zero-order valence-electron chi connectivity index (χ0n) is 12.9. The minimum absolute atomic E-state index is 0.189. The minimum Gasteiger partial charge on any atom is -0.481 e. The Morgan fingerprint density at radius 1 is 1.23 bits per heavy atom. The lowest BCUT2D eigenvalue weighted by Gasteiger charge is -2.22. The van der Waals surface area contributed by atoms with Crippen molar-refractivity contribution in [3.8, 4) is 12.5 Å². The Bertz CT molecular complexity index is 483. The smallest absolute Gasteiger partial charge is 0.305 e. The van der Waals surface area contributed by atoms with Crippen LogP contribution >= 0.6 is 0 Å². The van der Waals surface area contributed by atoms with E-state index < -0.39 is 42.1 Å². The second-order valence-electron chi connectivity index (χ2n) is 4.77. The summed E-state index contributed by atoms with van der Waals surface area (Å²) in [6.07, 6.45) is 4.87. The number of carboxylic acids is 1. The van der Waals surface area contributed by atoms with E-state index in [0.29, 0.717) is 6.42 Å². The number of carbonyl (C=O) groups is 4. The number of terminal acetylenes is 1. The molecular weight excluding hydrogens is 290 g/mol. The van der Waals surface area contributed by atoms with Crippen molar-refractivity contribution < 1.29 is 24.3 Å². The molecule has 122 valence electrons. The highest BCUT2D eigenvalue weighted by Gasteiger charge is 2.27. The first-order chi connectivity index (χ1) is 10.2. The number of hydrogen-bond acceptors (Lipinski definition) is 5. The van der Waals surface area contributed by atoms with Crippen molar-refractivity contribution in [2.24, 2.45) is 0 Å². The van der Waals surface area contributed by atoms with Gasteiger partial charge in [0.2, 0.25) is 11.8 Å². The highest BCUT2D eigenvalue weighted by atomic mass is 16.4. The number of aliphatic carboxylic acids is 1. The van der Waals surface area contributed by atoms with Crippen LogP contribution in [0.25, 0.3) is 0 Å². The molecule has 8 nitrogen and oxygen atoms in total. The van der Waals surface area contributed by atoms with Crippen LogP contribution in [0.4, 0.5) is 0 Å². The molecule has 0 aromatic carbocycles. The quantitative estimate of drug-likeness (QED) is 0.370. The molecule has 0 saturated carbocycles. The van der Waals surface area contributed by atoms with Crippen LogP contribution in [-0.2, 0) is 19.2 Å². The van der Waals surface area contributed by atoms with E-state index in [0.717, 1.165) is 0 Å². The van der Waals surface area contributed by atoms with Gasteiger partial charge in [0.25, 0.3) is 0 Å². The number of ketones is 1. The lowest BCUT2D eigenvalue weighted by Crippen LogP contribution is -2.52. The van der Waals surface area contributed by atoms with Gasteiger partial charge < -0.3 is 20.6 Å². The molecule has 3 N–H and O–H groups in total. The fourth-order valence-electron chi connectivity index (χ4n) is 1.68. The van der Waals surface area contributed by atoms with Gasteiger partial charge in [0.1, 0.15) is 6.04 Å². The molecule has 0 spiro atoms. The maximum Gasteiger partial charge on any atom is 0.305 e. The number of rotatable bonds is 9. The maximum absolute atomic E-state index is 12.0. The molecule has 8 heteroatoms. The summed E-state index contributed by atoms with van der Waals surface area (Å²) in [5, 5.41) is 13.6. The van der Waals surface area contributed by atoms with E-state index in [2.05, 4.69) is 16.7 Å². The fraction of sp³-hybridized carbons (Fsp3) is 0.571. The zero-order chi connectivity index (χ0) is 17.3. The largest absolute Gasteiger partial charge is 0.481 e. The van der Waals surface area contributed by atoms with Crippen LogP contribution in [0.15, 0.2) is 0 Å². The monoisotopic (exact) mass is 311 g/mol. The van der Waals surface area contributed by atoms with E-state index in [9.17, 15) is 19.2 Å². The second-order valence-corrected chi connectivity index (χ2v) is 4.77. The Kier molecular flexibility index (Phi) is 8.30. The lowest BCUT2D eigenvalue weighted by atomic mass is 10.1. The predicted octanol–water partition coefficient (Wildman–Crippen LogP) is -1.05. The van der Waals surface area contributed by atoms with Gasteiger partial charge in [0.15, 0.2) is 5.78 Å². The van der Waals surface area contributed by atoms with Crippen LogP contribution in [0.2, 0.25) is 0 Å². The number of nitrogens with zero attached hydrogens (tertiary/aromatic N) is 1. The van der Waals surface area contributed by atoms with E-state index in [1.165, 1.54) is 18.9 Å². The standard InChI is InChI=1S/C14H21N3O5/c1-5-10(15-9(3)18)14(22)16-11(7-13(20)21)12(19)8-17(4)6-2/h2,10-11H,5,7-8H2,1,3-4H3,(H,15,18)(H,16,22)(H,20,21). The third-order valence-corrected chi connectivity index (χ3v) is 2.80. The number of Topliss-reactive ketones (excluding diaryl/α,β-unsaturated/α-hetero) is 1. The summed E-state index contributed by atoms with van der Waals surface area (Å²) in [7, 11) is 1.49. The van der Waals surface area contributed by atoms with Crippen molar-refractivity contribution in [2.75, 3.05) is 13.6 Å². The first-order valence-corrected chi connectivity index (χ1v) is 6.70. The van der Waals surface area contributed by atoms with Crippen molar-refractivity contribution in [1.29, 1.82) is 0 Å². The molecule has 0 aromatic heterocycles. The van der Waals surface area contributed by atoms with Crippen LogP contribution in [0.1, 0.15) is 26.7 Å². The summed E-state index contributed by atoms with van der Waals surface area (Å²) in [4.78, 5) is 47.2. The van der Waals surface area contributed by atoms with Gasteiger partial charge >= 0.3 is 5.97 Å². The van der Waals surface area contributed by atoms with Gasteiger partial charge in [-0.1, -0.05) is 13.3 Å². The number of carboxylic acid groups (broad SMARTS) is 1. The van der Waals surface area contributed by atoms with Gasteiger partial charge in [0, 0.05) is 20.0 Å². The van der Waals surface area contributed by atoms with E-state index in [1.54, 1.807) is 6.92 Å². The number of likely N-dealkylation sites (N-methyl/N-ethyl adjacent to an activating group) is 1. The number of amides is 2. The summed E-state index contributed by atoms with van der Waals surface area (Å²) >= 11 is 0. The van der Waals surface area contributed by atoms with E-state index in [4.69, 9.17) is 11.5 Å². The number of carbonyl (C=O) groups excluding carboxylic acids is 3. The molecule has 0 aliphatic carbocycles. The Balaban J connectivity index is 4.93. The Morgan fingerprint density at radius 3 is 2.23 bits per heavy atom. The first-order valence-electron chi connectivity index (χ1n) is 6.70. The molecule has 0 fully saturated rings. The molecule has 2 amide bonds. The van der Waals surface area contributed by atoms with Crippen molar-refractivity contribution >= 4 is 23.6 Å². The third kappa shape index (κ3) is 7.28. The molecule has 22 heavy (non-hydrogen) atoms. The minimum atomic E-state index is -1.23. The Labute approximate surface area is 129 Å². The summed E-state index contributed by atoms with van der Waals surface area (Å²) in [5.41, 5.74) is 0. The van der Waals surface area contributed by atoms with Crippen molar-refractivity contribution in [2.45, 2.75) is 38.8 Å². The van der Waals surface area contributed by atoms with Crippen molar-refractivity contribution in [3.63, 3.8) is 0 Å². The normalized spacial score (nSPS) is 12.5. The molecule has 0 radical (unpaired) electrons. The summed E-state index contributed by atoms with van der Waals surface area (Å²) in [6, 6.07) is 0.181. The van der Waals surface area contributed by atoms with E-state index in [-0.39, 0.29) is 6.54 Å². The second kappa shape index (κ2) is 9.39. The van der Waals surface area contributed by atoms with Crippen molar-refractivity contribution in [3.05, 3.63) is 0 Å². The molecule has 0 rings (SSSR count). The van der Waals surface area contributed by atoms with Crippen LogP contribution < -0.4 is 10.6 Å². The topological polar surface area (TPSA) is 116 Å². The third-order valence-electron chi connectivity index (χ3n) is 2.80. The van der Waals surface area contributed by atoms with Crippen LogP contribution in [0, 0.1) is 12.5 Å². The number of nitrogens with one attached hydrogen (secondary N) is 2. The van der Waals surface area contributed by atoms with Crippen molar-refractivity contribution in [1.82, 2.24) is 15.5 Å². The molecular formula is C14H21N3O5. The average molecular weight is 311 g/mol. The summed E-state index contributed by atoms with van der Waals surface area (Å²) in [6.45, 7) is 2.75. The summed E-state index contributed by atoms with van der Waals surface area (Å²) < 4.78 is 0. The number of hydrogen-bond donors (Lipinski definition) is 3. The average Bonchev–Trinajstić information content (AvgIpc) is 2.42. The zero-order valence-corrected chi connectivity index (χ0v) is 12.9. The molecule has 2 unspecified atom stereocenters. The molecule has 0 heterocycles. The van der Waals surface area contributed by atoms with E-state index in [1.807, 2.05) is 0 Å². The Hall–Kier alpha value is -2.56. The molecule has 0 aliphatic rings. The predicted molar refractivity (Wildman–Crippen MR) is 78.5 cm³/mol. The van der Waals surface area contributed by atoms with Gasteiger partial charge in [-0.25, -0.2) is 0 Å². The Morgan fingerprint density at radius 2 is 1.82 bits per heavy atom. The highest BCUT2D eigenvalue weighted by molar-refractivity contribution is 5.95. The molecule has 2 atom stereocenters. The van der Waals surface area contributed by atoms with Gasteiger partial charge in [-0.15, -0.1) is 0 Å². The highest BCUT2D eigenvalue weighted by Crippen LogP contribution is 2.00.